The number of halogens is 1. The van der Waals surface area contributed by atoms with Crippen molar-refractivity contribution in [2.24, 2.45) is 5.73 Å². The Morgan fingerprint density at radius 2 is 1.90 bits per heavy atom. The Kier molecular flexibility index (Phi) is 5.98. The highest BCUT2D eigenvalue weighted by molar-refractivity contribution is 9.10. The molecule has 0 aliphatic carbocycles. The average Bonchev–Trinajstić information content (AvgIpc) is 2.36. The SMILES string of the molecule is NC(=O)C[C@@H](NC(=O)COc1ccc(Br)cc1)C(=O)O. The summed E-state index contributed by atoms with van der Waals surface area (Å²) in [5.41, 5.74) is 4.90. The number of nitrogens with one attached hydrogen (secondary N) is 1. The van der Waals surface area contributed by atoms with Crippen molar-refractivity contribution in [3.8, 4) is 5.75 Å². The van der Waals surface area contributed by atoms with E-state index in [1.807, 2.05) is 0 Å². The molecule has 4 N–H and O–H groups in total. The van der Waals surface area contributed by atoms with Crippen molar-refractivity contribution < 1.29 is 24.2 Å². The van der Waals surface area contributed by atoms with Crippen LogP contribution in [-0.4, -0.2) is 35.5 Å². The van der Waals surface area contributed by atoms with E-state index in [9.17, 15) is 14.4 Å². The van der Waals surface area contributed by atoms with Crippen molar-refractivity contribution in [2.45, 2.75) is 12.5 Å². The van der Waals surface area contributed by atoms with Gasteiger partial charge in [0.1, 0.15) is 11.8 Å². The maximum absolute atomic E-state index is 11.5. The fourth-order valence-electron chi connectivity index (χ4n) is 1.32. The summed E-state index contributed by atoms with van der Waals surface area (Å²) in [6.45, 7) is -0.357. The van der Waals surface area contributed by atoms with E-state index < -0.39 is 30.2 Å². The van der Waals surface area contributed by atoms with Crippen molar-refractivity contribution in [3.63, 3.8) is 0 Å². The average molecular weight is 345 g/mol. The third-order valence-electron chi connectivity index (χ3n) is 2.22. The van der Waals surface area contributed by atoms with Gasteiger partial charge in [0.05, 0.1) is 6.42 Å². The zero-order valence-corrected chi connectivity index (χ0v) is 11.9. The minimum absolute atomic E-state index is 0.357. The van der Waals surface area contributed by atoms with Crippen LogP contribution >= 0.6 is 15.9 Å². The minimum Gasteiger partial charge on any atom is -0.484 e. The first-order chi connectivity index (χ1) is 9.38. The third kappa shape index (κ3) is 5.70. The van der Waals surface area contributed by atoms with E-state index in [1.165, 1.54) is 0 Å². The predicted octanol–water partition coefficient (Wildman–Crippen LogP) is 0.273. The van der Waals surface area contributed by atoms with Gasteiger partial charge in [-0.2, -0.15) is 0 Å². The summed E-state index contributed by atoms with van der Waals surface area (Å²) in [7, 11) is 0. The summed E-state index contributed by atoms with van der Waals surface area (Å²) in [6.07, 6.45) is -0.473. The quantitative estimate of drug-likeness (QED) is 0.656. The molecule has 20 heavy (non-hydrogen) atoms. The van der Waals surface area contributed by atoms with Crippen molar-refractivity contribution >= 4 is 33.7 Å². The van der Waals surface area contributed by atoms with Gasteiger partial charge in [0.2, 0.25) is 5.91 Å². The summed E-state index contributed by atoms with van der Waals surface area (Å²) >= 11 is 3.25. The Morgan fingerprint density at radius 3 is 2.40 bits per heavy atom. The Labute approximate surface area is 123 Å². The third-order valence-corrected chi connectivity index (χ3v) is 2.75. The molecule has 1 atom stereocenters. The van der Waals surface area contributed by atoms with Gasteiger partial charge in [0.15, 0.2) is 6.61 Å². The monoisotopic (exact) mass is 344 g/mol. The number of primary amides is 1. The molecule has 0 aliphatic rings. The van der Waals surface area contributed by atoms with Crippen molar-refractivity contribution in [1.82, 2.24) is 5.32 Å². The van der Waals surface area contributed by atoms with Crippen LogP contribution in [0.1, 0.15) is 6.42 Å². The molecule has 0 fully saturated rings. The summed E-state index contributed by atoms with van der Waals surface area (Å²) in [6, 6.07) is 5.42. The number of carboxylic acids is 1. The highest BCUT2D eigenvalue weighted by Crippen LogP contribution is 2.15. The van der Waals surface area contributed by atoms with Crippen LogP contribution in [0.15, 0.2) is 28.7 Å². The number of carboxylic acid groups (broad SMARTS) is 1. The fraction of sp³-hybridized carbons (Fsp3) is 0.250. The van der Waals surface area contributed by atoms with Gasteiger partial charge in [-0.15, -0.1) is 0 Å². The fourth-order valence-corrected chi connectivity index (χ4v) is 1.58. The molecule has 0 radical (unpaired) electrons. The molecule has 1 aromatic carbocycles. The molecule has 0 heterocycles. The van der Waals surface area contributed by atoms with Crippen LogP contribution in [0, 0.1) is 0 Å². The van der Waals surface area contributed by atoms with Gasteiger partial charge in [0.25, 0.3) is 5.91 Å². The summed E-state index contributed by atoms with van der Waals surface area (Å²) in [5.74, 6) is -2.33. The molecule has 0 aliphatic heterocycles. The van der Waals surface area contributed by atoms with Crippen molar-refractivity contribution in [1.29, 1.82) is 0 Å². The lowest BCUT2D eigenvalue weighted by atomic mass is 10.2. The van der Waals surface area contributed by atoms with Crippen LogP contribution in [0.4, 0.5) is 0 Å². The Hall–Kier alpha value is -2.09. The van der Waals surface area contributed by atoms with Gasteiger partial charge in [-0.25, -0.2) is 4.79 Å². The number of aliphatic carboxylic acids is 1. The van der Waals surface area contributed by atoms with E-state index in [4.69, 9.17) is 15.6 Å². The lowest BCUT2D eigenvalue weighted by molar-refractivity contribution is -0.143. The van der Waals surface area contributed by atoms with E-state index >= 15 is 0 Å². The van der Waals surface area contributed by atoms with Crippen LogP contribution < -0.4 is 15.8 Å². The maximum Gasteiger partial charge on any atom is 0.326 e. The normalized spacial score (nSPS) is 11.4. The molecule has 0 bridgehead atoms. The maximum atomic E-state index is 11.5. The first kappa shape index (κ1) is 16.0. The lowest BCUT2D eigenvalue weighted by Gasteiger charge is -2.13. The van der Waals surface area contributed by atoms with E-state index in [1.54, 1.807) is 24.3 Å². The first-order valence-corrected chi connectivity index (χ1v) is 6.36. The molecule has 0 saturated heterocycles. The molecule has 108 valence electrons. The zero-order chi connectivity index (χ0) is 15.1. The Morgan fingerprint density at radius 1 is 1.30 bits per heavy atom. The highest BCUT2D eigenvalue weighted by atomic mass is 79.9. The van der Waals surface area contributed by atoms with Crippen LogP contribution in [0.3, 0.4) is 0 Å². The van der Waals surface area contributed by atoms with Gasteiger partial charge < -0.3 is 20.9 Å². The number of hydrogen-bond donors (Lipinski definition) is 3. The molecular formula is C12H13BrN2O5. The highest BCUT2D eigenvalue weighted by Gasteiger charge is 2.22. The van der Waals surface area contributed by atoms with Gasteiger partial charge in [-0.3, -0.25) is 9.59 Å². The molecule has 7 nitrogen and oxygen atoms in total. The molecule has 0 spiro atoms. The number of nitrogens with two attached hydrogens (primary N) is 1. The molecular weight excluding hydrogens is 332 g/mol. The van der Waals surface area contributed by atoms with E-state index in [0.717, 1.165) is 4.47 Å². The summed E-state index contributed by atoms with van der Waals surface area (Å²) in [4.78, 5) is 33.0. The summed E-state index contributed by atoms with van der Waals surface area (Å²) < 4.78 is 6.03. The summed E-state index contributed by atoms with van der Waals surface area (Å²) in [5, 5.41) is 11.0. The molecule has 0 unspecified atom stereocenters. The number of carbonyl (C=O) groups excluding carboxylic acids is 2. The molecule has 0 aromatic heterocycles. The van der Waals surface area contributed by atoms with E-state index in [2.05, 4.69) is 21.2 Å². The molecule has 2 amide bonds. The van der Waals surface area contributed by atoms with Gasteiger partial charge >= 0.3 is 5.97 Å². The molecule has 1 rings (SSSR count). The Bertz CT molecular complexity index is 503. The number of rotatable bonds is 7. The minimum atomic E-state index is -1.35. The lowest BCUT2D eigenvalue weighted by Crippen LogP contribution is -2.45. The van der Waals surface area contributed by atoms with Crippen molar-refractivity contribution in [2.75, 3.05) is 6.61 Å². The van der Waals surface area contributed by atoms with Gasteiger partial charge in [-0.1, -0.05) is 15.9 Å². The number of ether oxygens (including phenoxy) is 1. The van der Waals surface area contributed by atoms with Crippen LogP contribution in [-0.2, 0) is 14.4 Å². The second kappa shape index (κ2) is 7.49. The zero-order valence-electron chi connectivity index (χ0n) is 10.3. The largest absolute Gasteiger partial charge is 0.484 e. The van der Waals surface area contributed by atoms with E-state index in [0.29, 0.717) is 5.75 Å². The van der Waals surface area contributed by atoms with Gasteiger partial charge in [0, 0.05) is 4.47 Å². The van der Waals surface area contributed by atoms with Crippen LogP contribution in [0.5, 0.6) is 5.75 Å². The molecule has 1 aromatic rings. The number of benzene rings is 1. The van der Waals surface area contributed by atoms with Gasteiger partial charge in [-0.05, 0) is 24.3 Å². The second-order valence-corrected chi connectivity index (χ2v) is 4.79. The van der Waals surface area contributed by atoms with Crippen LogP contribution in [0.25, 0.3) is 0 Å². The topological polar surface area (TPSA) is 119 Å². The van der Waals surface area contributed by atoms with E-state index in [-0.39, 0.29) is 6.61 Å². The van der Waals surface area contributed by atoms with Crippen molar-refractivity contribution in [3.05, 3.63) is 28.7 Å². The second-order valence-electron chi connectivity index (χ2n) is 3.87. The molecule has 0 saturated carbocycles. The first-order valence-electron chi connectivity index (χ1n) is 5.57. The number of amides is 2. The Balaban J connectivity index is 2.47. The predicted molar refractivity (Wildman–Crippen MR) is 73.0 cm³/mol. The van der Waals surface area contributed by atoms with Crippen LogP contribution in [0.2, 0.25) is 0 Å². The number of carbonyl (C=O) groups is 3. The number of hydrogen-bond acceptors (Lipinski definition) is 4. The smallest absolute Gasteiger partial charge is 0.326 e. The standard InChI is InChI=1S/C12H13BrN2O5/c13-7-1-3-8(4-2-7)20-6-11(17)15-9(12(18)19)5-10(14)16/h1-4,9H,5-6H2,(H2,14,16)(H,15,17)(H,18,19)/t9-/m1/s1. The molecule has 8 heteroatoms.